The second-order valence-corrected chi connectivity index (χ2v) is 6.07. The summed E-state index contributed by atoms with van der Waals surface area (Å²) in [5, 5.41) is 3.40. The maximum absolute atomic E-state index is 13.7. The van der Waals surface area contributed by atoms with Crippen LogP contribution >= 0.6 is 24.8 Å². The Morgan fingerprint density at radius 2 is 1.88 bits per heavy atom. The molecule has 2 aliphatic rings. The number of benzene rings is 1. The monoisotopic (exact) mass is 380 g/mol. The highest BCUT2D eigenvalue weighted by Gasteiger charge is 2.31. The largest absolute Gasteiger partial charge is 0.494 e. The van der Waals surface area contributed by atoms with E-state index in [1.54, 1.807) is 0 Å². The number of hydrogen-bond donors (Lipinski definition) is 1. The van der Waals surface area contributed by atoms with Crippen LogP contribution in [-0.4, -0.2) is 51.4 Å². The normalized spacial score (nSPS) is 20.6. The lowest BCUT2D eigenvalue weighted by Gasteiger charge is -2.41. The topological polar surface area (TPSA) is 33.7 Å². The molecule has 7 heteroatoms. The average molecular weight is 381 g/mol. The summed E-state index contributed by atoms with van der Waals surface area (Å²) >= 11 is 0. The Kier molecular flexibility index (Phi) is 9.31. The second-order valence-electron chi connectivity index (χ2n) is 6.07. The van der Waals surface area contributed by atoms with E-state index >= 15 is 0 Å². The summed E-state index contributed by atoms with van der Waals surface area (Å²) in [7, 11) is 1.52. The van der Waals surface area contributed by atoms with Crippen LogP contribution in [0.25, 0.3) is 0 Å². The van der Waals surface area contributed by atoms with Crippen molar-refractivity contribution in [3.8, 4) is 5.75 Å². The minimum Gasteiger partial charge on any atom is -0.494 e. The first-order chi connectivity index (χ1) is 10.8. The number of piperazine rings is 1. The van der Waals surface area contributed by atoms with Crippen molar-refractivity contribution in [2.24, 2.45) is 5.92 Å². The first kappa shape index (κ1) is 21.5. The van der Waals surface area contributed by atoms with Gasteiger partial charge >= 0.3 is 0 Å². The van der Waals surface area contributed by atoms with Gasteiger partial charge in [0.2, 0.25) is 0 Å². The number of methoxy groups -OCH3 is 1. The molecule has 0 aliphatic carbocycles. The highest BCUT2D eigenvalue weighted by atomic mass is 35.5. The van der Waals surface area contributed by atoms with Crippen LogP contribution < -0.4 is 10.1 Å². The van der Waals surface area contributed by atoms with Gasteiger partial charge in [0, 0.05) is 45.4 Å². The molecule has 0 saturated carbocycles. The number of rotatable bonds is 4. The molecule has 0 spiro atoms. The molecule has 138 valence electrons. The van der Waals surface area contributed by atoms with Crippen LogP contribution in [0.4, 0.5) is 4.39 Å². The molecule has 0 radical (unpaired) electrons. The van der Waals surface area contributed by atoms with Gasteiger partial charge in [0.05, 0.1) is 7.11 Å². The van der Waals surface area contributed by atoms with Crippen LogP contribution in [-0.2, 0) is 4.74 Å². The van der Waals surface area contributed by atoms with Gasteiger partial charge in [-0.05, 0) is 36.5 Å². The van der Waals surface area contributed by atoms with E-state index in [4.69, 9.17) is 9.47 Å². The zero-order valence-electron chi connectivity index (χ0n) is 14.0. The summed E-state index contributed by atoms with van der Waals surface area (Å²) in [4.78, 5) is 2.53. The van der Waals surface area contributed by atoms with E-state index in [1.165, 1.54) is 13.2 Å². The average Bonchev–Trinajstić information content (AvgIpc) is 2.58. The van der Waals surface area contributed by atoms with Gasteiger partial charge < -0.3 is 14.8 Å². The molecule has 4 nitrogen and oxygen atoms in total. The Morgan fingerprint density at radius 3 is 2.50 bits per heavy atom. The molecule has 2 fully saturated rings. The number of halogens is 3. The molecule has 24 heavy (non-hydrogen) atoms. The number of ether oxygens (including phenoxy) is 2. The van der Waals surface area contributed by atoms with Crippen LogP contribution in [0.1, 0.15) is 24.4 Å². The van der Waals surface area contributed by atoms with Gasteiger partial charge in [-0.2, -0.15) is 0 Å². The Morgan fingerprint density at radius 1 is 1.21 bits per heavy atom. The van der Waals surface area contributed by atoms with Crippen LogP contribution in [0.3, 0.4) is 0 Å². The van der Waals surface area contributed by atoms with Crippen molar-refractivity contribution in [3.63, 3.8) is 0 Å². The predicted octanol–water partition coefficient (Wildman–Crippen LogP) is 3.05. The first-order valence-electron chi connectivity index (χ1n) is 8.15. The molecule has 0 bridgehead atoms. The van der Waals surface area contributed by atoms with Crippen molar-refractivity contribution in [1.82, 2.24) is 10.2 Å². The quantitative estimate of drug-likeness (QED) is 0.870. The first-order valence-corrected chi connectivity index (χ1v) is 8.15. The molecule has 2 saturated heterocycles. The van der Waals surface area contributed by atoms with Crippen molar-refractivity contribution < 1.29 is 13.9 Å². The van der Waals surface area contributed by atoms with E-state index in [0.717, 1.165) is 57.8 Å². The second kappa shape index (κ2) is 10.4. The van der Waals surface area contributed by atoms with Gasteiger partial charge in [-0.1, -0.05) is 6.07 Å². The third-order valence-electron chi connectivity index (χ3n) is 4.77. The zero-order valence-corrected chi connectivity index (χ0v) is 15.6. The van der Waals surface area contributed by atoms with E-state index in [-0.39, 0.29) is 30.6 Å². The Bertz CT molecular complexity index is 477. The van der Waals surface area contributed by atoms with Gasteiger partial charge in [0.25, 0.3) is 0 Å². The smallest absolute Gasteiger partial charge is 0.165 e. The standard InChI is InChI=1S/C17H25FN2O2.2ClH/c1-21-16-12-14(2-3-15(16)18)17(13-4-10-22-11-5-13)20-8-6-19-7-9-20;;/h2-3,12-13,17,19H,4-11H2,1H3;2*1H/t17-;;/m0../s1. The zero-order chi connectivity index (χ0) is 15.4. The van der Waals surface area contributed by atoms with E-state index in [0.29, 0.717) is 17.7 Å². The fraction of sp³-hybridized carbons (Fsp3) is 0.647. The third-order valence-corrected chi connectivity index (χ3v) is 4.77. The minimum atomic E-state index is -0.294. The summed E-state index contributed by atoms with van der Waals surface area (Å²) in [6.45, 7) is 5.73. The van der Waals surface area contributed by atoms with Crippen molar-refractivity contribution in [3.05, 3.63) is 29.6 Å². The lowest BCUT2D eigenvalue weighted by Crippen LogP contribution is -2.47. The van der Waals surface area contributed by atoms with E-state index < -0.39 is 0 Å². The molecule has 3 rings (SSSR count). The van der Waals surface area contributed by atoms with E-state index in [9.17, 15) is 4.39 Å². The number of nitrogens with zero attached hydrogens (tertiary/aromatic N) is 1. The molecule has 0 unspecified atom stereocenters. The summed E-state index contributed by atoms with van der Waals surface area (Å²) in [6, 6.07) is 5.64. The highest BCUT2D eigenvalue weighted by Crippen LogP contribution is 2.37. The molecule has 2 heterocycles. The van der Waals surface area contributed by atoms with E-state index in [1.807, 2.05) is 12.1 Å². The van der Waals surface area contributed by atoms with Crippen molar-refractivity contribution in [1.29, 1.82) is 0 Å². The lowest BCUT2D eigenvalue weighted by molar-refractivity contribution is 0.0212. The SMILES string of the molecule is COc1cc([C@H](C2CCOCC2)N2CCNCC2)ccc1F.Cl.Cl. The van der Waals surface area contributed by atoms with Crippen molar-refractivity contribution in [2.45, 2.75) is 18.9 Å². The van der Waals surface area contributed by atoms with Gasteiger partial charge in [-0.25, -0.2) is 4.39 Å². The van der Waals surface area contributed by atoms with Crippen LogP contribution in [0.15, 0.2) is 18.2 Å². The molecule has 2 aliphatic heterocycles. The van der Waals surface area contributed by atoms with Crippen LogP contribution in [0.2, 0.25) is 0 Å². The lowest BCUT2D eigenvalue weighted by atomic mass is 9.85. The van der Waals surface area contributed by atoms with Gasteiger partial charge in [-0.3, -0.25) is 4.90 Å². The van der Waals surface area contributed by atoms with Gasteiger partial charge in [0.1, 0.15) is 0 Å². The third kappa shape index (κ3) is 4.96. The van der Waals surface area contributed by atoms with E-state index in [2.05, 4.69) is 10.2 Å². The fourth-order valence-electron chi connectivity index (χ4n) is 3.63. The molecular formula is C17H27Cl2FN2O2. The molecule has 1 atom stereocenters. The summed E-state index contributed by atoms with van der Waals surface area (Å²) in [5.74, 6) is 0.601. The minimum absolute atomic E-state index is 0. The maximum atomic E-state index is 13.7. The Labute approximate surface area is 155 Å². The predicted molar refractivity (Wildman–Crippen MR) is 98.2 cm³/mol. The summed E-state index contributed by atoms with van der Waals surface area (Å²) in [6.07, 6.45) is 2.13. The molecule has 1 aromatic rings. The Hall–Kier alpha value is -0.590. The molecule has 0 amide bonds. The summed E-state index contributed by atoms with van der Waals surface area (Å²) < 4.78 is 24.5. The van der Waals surface area contributed by atoms with Crippen LogP contribution in [0, 0.1) is 11.7 Å². The maximum Gasteiger partial charge on any atom is 0.165 e. The summed E-state index contributed by atoms with van der Waals surface area (Å²) in [5.41, 5.74) is 1.16. The van der Waals surface area contributed by atoms with Gasteiger partial charge in [0.15, 0.2) is 11.6 Å². The number of hydrogen-bond acceptors (Lipinski definition) is 4. The molecule has 1 aromatic carbocycles. The Balaban J connectivity index is 0.00000144. The molecule has 1 N–H and O–H groups in total. The number of nitrogens with one attached hydrogen (secondary N) is 1. The fourth-order valence-corrected chi connectivity index (χ4v) is 3.63. The van der Waals surface area contributed by atoms with Crippen molar-refractivity contribution >= 4 is 24.8 Å². The highest BCUT2D eigenvalue weighted by molar-refractivity contribution is 5.85. The van der Waals surface area contributed by atoms with Crippen LogP contribution in [0.5, 0.6) is 5.75 Å². The molecule has 0 aromatic heterocycles. The van der Waals surface area contributed by atoms with Gasteiger partial charge in [-0.15, -0.1) is 24.8 Å². The molecular weight excluding hydrogens is 354 g/mol. The van der Waals surface area contributed by atoms with Crippen molar-refractivity contribution in [2.75, 3.05) is 46.5 Å².